The Morgan fingerprint density at radius 2 is 1.73 bits per heavy atom. The second-order valence-corrected chi connectivity index (χ2v) is 5.89. The molecule has 0 radical (unpaired) electrons. The van der Waals surface area contributed by atoms with Gasteiger partial charge in [-0.05, 0) is 17.5 Å². The summed E-state index contributed by atoms with van der Waals surface area (Å²) in [7, 11) is 0. The summed E-state index contributed by atoms with van der Waals surface area (Å²) in [6, 6.07) is 21.2. The molecule has 1 heterocycles. The van der Waals surface area contributed by atoms with Crippen molar-refractivity contribution in [3.63, 3.8) is 0 Å². The lowest BCUT2D eigenvalue weighted by Crippen LogP contribution is -2.54. The van der Waals surface area contributed by atoms with E-state index >= 15 is 0 Å². The molecule has 1 N–H and O–H groups in total. The van der Waals surface area contributed by atoms with Gasteiger partial charge in [-0.1, -0.05) is 60.7 Å². The highest BCUT2D eigenvalue weighted by molar-refractivity contribution is 5.74. The molecular formula is C19H22N2O. The number of rotatable bonds is 3. The van der Waals surface area contributed by atoms with Crippen LogP contribution in [0.15, 0.2) is 60.7 Å². The molecule has 1 aliphatic heterocycles. The highest BCUT2D eigenvalue weighted by atomic mass is 16.2. The molecule has 2 aromatic rings. The number of nitrogens with one attached hydrogen (secondary N) is 1. The Morgan fingerprint density at radius 1 is 1.09 bits per heavy atom. The molecule has 3 nitrogen and oxygen atoms in total. The summed E-state index contributed by atoms with van der Waals surface area (Å²) in [5.74, 6) is 0.147. The van der Waals surface area contributed by atoms with Crippen LogP contribution in [0.2, 0.25) is 0 Å². The molecule has 0 bridgehead atoms. The molecule has 3 heteroatoms. The molecule has 1 fully saturated rings. The first-order valence-electron chi connectivity index (χ1n) is 7.83. The van der Waals surface area contributed by atoms with Crippen LogP contribution < -0.4 is 5.32 Å². The Bertz CT molecular complexity index is 612. The van der Waals surface area contributed by atoms with Crippen LogP contribution in [0.3, 0.4) is 0 Å². The Morgan fingerprint density at radius 3 is 2.36 bits per heavy atom. The van der Waals surface area contributed by atoms with Crippen LogP contribution in [-0.4, -0.2) is 29.9 Å². The zero-order valence-corrected chi connectivity index (χ0v) is 12.9. The van der Waals surface area contributed by atoms with E-state index in [4.69, 9.17) is 0 Å². The zero-order valence-electron chi connectivity index (χ0n) is 12.9. The average molecular weight is 294 g/mol. The predicted octanol–water partition coefficient (Wildman–Crippen LogP) is 2.79. The van der Waals surface area contributed by atoms with Gasteiger partial charge in [0.2, 0.25) is 5.91 Å². The topological polar surface area (TPSA) is 32.3 Å². The van der Waals surface area contributed by atoms with Gasteiger partial charge in [-0.2, -0.15) is 0 Å². The Kier molecular flexibility index (Phi) is 4.54. The molecule has 22 heavy (non-hydrogen) atoms. The van der Waals surface area contributed by atoms with Crippen molar-refractivity contribution in [3.05, 3.63) is 71.8 Å². The summed E-state index contributed by atoms with van der Waals surface area (Å²) in [6.07, 6.45) is 0.951. The summed E-state index contributed by atoms with van der Waals surface area (Å²) in [5, 5.41) is 3.61. The molecule has 0 saturated carbocycles. The number of benzene rings is 2. The molecular weight excluding hydrogens is 272 g/mol. The van der Waals surface area contributed by atoms with Crippen LogP contribution in [0.1, 0.15) is 24.1 Å². The van der Waals surface area contributed by atoms with Crippen LogP contribution in [0, 0.1) is 0 Å². The van der Waals surface area contributed by atoms with Gasteiger partial charge < -0.3 is 10.2 Å². The first-order valence-corrected chi connectivity index (χ1v) is 7.83. The molecule has 1 saturated heterocycles. The van der Waals surface area contributed by atoms with E-state index in [9.17, 15) is 4.79 Å². The van der Waals surface area contributed by atoms with E-state index in [-0.39, 0.29) is 11.9 Å². The van der Waals surface area contributed by atoms with E-state index in [1.165, 1.54) is 11.1 Å². The van der Waals surface area contributed by atoms with Crippen molar-refractivity contribution in [2.75, 3.05) is 13.1 Å². The molecule has 114 valence electrons. The first-order chi connectivity index (χ1) is 10.7. The van der Waals surface area contributed by atoms with Crippen LogP contribution in [0.25, 0.3) is 0 Å². The van der Waals surface area contributed by atoms with Gasteiger partial charge in [0, 0.05) is 26.1 Å². The minimum Gasteiger partial charge on any atom is -0.333 e. The monoisotopic (exact) mass is 294 g/mol. The normalized spacial score (nSPS) is 21.6. The Labute approximate surface area is 132 Å². The van der Waals surface area contributed by atoms with Crippen molar-refractivity contribution >= 4 is 5.91 Å². The summed E-state index contributed by atoms with van der Waals surface area (Å²) in [6.45, 7) is 3.23. The van der Waals surface area contributed by atoms with Gasteiger partial charge in [0.25, 0.3) is 0 Å². The van der Waals surface area contributed by atoms with Crippen LogP contribution >= 0.6 is 0 Å². The van der Waals surface area contributed by atoms with Gasteiger partial charge >= 0.3 is 0 Å². The van der Waals surface area contributed by atoms with E-state index < -0.39 is 0 Å². The fraction of sp³-hybridized carbons (Fsp3) is 0.316. The van der Waals surface area contributed by atoms with E-state index in [2.05, 4.69) is 41.7 Å². The molecule has 1 amide bonds. The molecule has 3 rings (SSSR count). The highest BCUT2D eigenvalue weighted by Crippen LogP contribution is 2.24. The smallest absolute Gasteiger partial charge is 0.220 e. The second kappa shape index (κ2) is 6.75. The SMILES string of the molecule is CC(=O)N1CC(Cc2ccccc2)NCC1c1ccccc1. The van der Waals surface area contributed by atoms with Crippen LogP contribution in [0.5, 0.6) is 0 Å². The summed E-state index contributed by atoms with van der Waals surface area (Å²) in [4.78, 5) is 14.1. The van der Waals surface area contributed by atoms with Crippen LogP contribution in [-0.2, 0) is 11.2 Å². The van der Waals surface area contributed by atoms with E-state index in [0.717, 1.165) is 19.5 Å². The zero-order chi connectivity index (χ0) is 15.4. The number of hydrogen-bond acceptors (Lipinski definition) is 2. The Hall–Kier alpha value is -2.13. The van der Waals surface area contributed by atoms with E-state index in [1.807, 2.05) is 29.2 Å². The number of carbonyl (C=O) groups is 1. The van der Waals surface area contributed by atoms with Gasteiger partial charge in [0.05, 0.1) is 6.04 Å². The van der Waals surface area contributed by atoms with Gasteiger partial charge in [-0.25, -0.2) is 0 Å². The highest BCUT2D eigenvalue weighted by Gasteiger charge is 2.30. The molecule has 0 spiro atoms. The maximum absolute atomic E-state index is 12.1. The maximum Gasteiger partial charge on any atom is 0.220 e. The quantitative estimate of drug-likeness (QED) is 0.944. The summed E-state index contributed by atoms with van der Waals surface area (Å²) < 4.78 is 0. The number of carbonyl (C=O) groups excluding carboxylic acids is 1. The number of piperazine rings is 1. The third-order valence-electron chi connectivity index (χ3n) is 4.31. The van der Waals surface area contributed by atoms with Gasteiger partial charge in [-0.15, -0.1) is 0 Å². The molecule has 2 unspecified atom stereocenters. The third kappa shape index (κ3) is 3.37. The molecule has 0 aromatic heterocycles. The van der Waals surface area contributed by atoms with Crippen molar-refractivity contribution in [1.29, 1.82) is 0 Å². The largest absolute Gasteiger partial charge is 0.333 e. The molecule has 0 aliphatic carbocycles. The minimum absolute atomic E-state index is 0.130. The molecule has 1 aliphatic rings. The van der Waals surface area contributed by atoms with Crippen molar-refractivity contribution < 1.29 is 4.79 Å². The first kappa shape index (κ1) is 14.8. The standard InChI is InChI=1S/C19H22N2O/c1-15(22)21-14-18(12-16-8-4-2-5-9-16)20-13-19(21)17-10-6-3-7-11-17/h2-11,18-20H,12-14H2,1H3. The van der Waals surface area contributed by atoms with Gasteiger partial charge in [-0.3, -0.25) is 4.79 Å². The minimum atomic E-state index is 0.130. The number of amides is 1. The van der Waals surface area contributed by atoms with Crippen molar-refractivity contribution in [2.45, 2.75) is 25.4 Å². The lowest BCUT2D eigenvalue weighted by atomic mass is 9.97. The average Bonchev–Trinajstić information content (AvgIpc) is 2.56. The summed E-state index contributed by atoms with van der Waals surface area (Å²) in [5.41, 5.74) is 2.50. The van der Waals surface area contributed by atoms with Crippen LogP contribution in [0.4, 0.5) is 0 Å². The van der Waals surface area contributed by atoms with Crippen molar-refractivity contribution in [3.8, 4) is 0 Å². The van der Waals surface area contributed by atoms with Gasteiger partial charge in [0.15, 0.2) is 0 Å². The third-order valence-corrected chi connectivity index (χ3v) is 4.31. The fourth-order valence-corrected chi connectivity index (χ4v) is 3.17. The lowest BCUT2D eigenvalue weighted by molar-refractivity contribution is -0.133. The molecule has 2 aromatic carbocycles. The Balaban J connectivity index is 1.72. The van der Waals surface area contributed by atoms with Crippen molar-refractivity contribution in [2.24, 2.45) is 0 Å². The molecule has 2 atom stereocenters. The second-order valence-electron chi connectivity index (χ2n) is 5.89. The maximum atomic E-state index is 12.1. The van der Waals surface area contributed by atoms with E-state index in [1.54, 1.807) is 6.92 Å². The lowest BCUT2D eigenvalue weighted by Gasteiger charge is -2.40. The van der Waals surface area contributed by atoms with Gasteiger partial charge in [0.1, 0.15) is 0 Å². The van der Waals surface area contributed by atoms with Crippen molar-refractivity contribution in [1.82, 2.24) is 10.2 Å². The number of nitrogens with zero attached hydrogens (tertiary/aromatic N) is 1. The van der Waals surface area contributed by atoms with E-state index in [0.29, 0.717) is 6.04 Å². The fourth-order valence-electron chi connectivity index (χ4n) is 3.17. The summed E-state index contributed by atoms with van der Waals surface area (Å²) >= 11 is 0. The predicted molar refractivity (Wildman–Crippen MR) is 88.5 cm³/mol. The number of hydrogen-bond donors (Lipinski definition) is 1.